The Labute approximate surface area is 258 Å². The van der Waals surface area contributed by atoms with Crippen LogP contribution < -0.4 is 34.3 Å². The molecule has 0 aliphatic rings. The normalized spacial score (nSPS) is 11.6. The van der Waals surface area contributed by atoms with Crippen molar-refractivity contribution in [2.75, 3.05) is 0 Å². The molecule has 1 unspecified atom stereocenters. The third-order valence-electron chi connectivity index (χ3n) is 6.14. The van der Waals surface area contributed by atoms with E-state index in [1.165, 1.54) is 95.5 Å². The standard InChI is InChI=1S/C25H43O.C4H6O7S.Na/c1-3-5-6-7-8-9-10-11-12-13-14-15-16-17-20-24-21-18-19-22-25(24)26-23-4-2;5-3(6)1-2(4(7)8)12(9,10)11;/h18-19,21-23H,3-17,20H2,1-2H3;2H,1H2,(H,5,6)(H,7,8)(H,9,10,11);/q-1;;+1. The van der Waals surface area contributed by atoms with Gasteiger partial charge in [0.25, 0.3) is 10.1 Å². The Balaban J connectivity index is 0. The second-order valence-corrected chi connectivity index (χ2v) is 11.2. The zero-order valence-electron chi connectivity index (χ0n) is 24.3. The fourth-order valence-electron chi connectivity index (χ4n) is 3.99. The van der Waals surface area contributed by atoms with E-state index in [-0.39, 0.29) is 29.6 Å². The number of carboxylic acid groups (broad SMARTS) is 2. The zero-order valence-corrected chi connectivity index (χ0v) is 27.1. The number of aliphatic carboxylic acids is 2. The number of para-hydroxylation sites is 1. The Kier molecular flexibility index (Phi) is 26.5. The molecule has 0 spiro atoms. The van der Waals surface area contributed by atoms with Gasteiger partial charge in [0, 0.05) is 0 Å². The summed E-state index contributed by atoms with van der Waals surface area (Å²) < 4.78 is 34.4. The van der Waals surface area contributed by atoms with Crippen LogP contribution in [0.5, 0.6) is 5.75 Å². The van der Waals surface area contributed by atoms with Crippen LogP contribution in [0.2, 0.25) is 0 Å². The number of unbranched alkanes of at least 4 members (excludes halogenated alkanes) is 13. The van der Waals surface area contributed by atoms with Crippen LogP contribution in [0.15, 0.2) is 24.3 Å². The van der Waals surface area contributed by atoms with Crippen molar-refractivity contribution in [1.82, 2.24) is 0 Å². The Hall–Kier alpha value is -1.13. The van der Waals surface area contributed by atoms with Crippen molar-refractivity contribution in [2.24, 2.45) is 0 Å². The van der Waals surface area contributed by atoms with Gasteiger partial charge >= 0.3 is 41.5 Å². The monoisotopic (exact) mass is 580 g/mol. The third-order valence-corrected chi connectivity index (χ3v) is 7.23. The minimum Gasteiger partial charge on any atom is -0.662 e. The fourth-order valence-corrected chi connectivity index (χ4v) is 4.60. The van der Waals surface area contributed by atoms with Gasteiger partial charge in [-0.2, -0.15) is 15.0 Å². The molecule has 1 atom stereocenters. The molecule has 0 saturated heterocycles. The molecule has 0 aliphatic carbocycles. The van der Waals surface area contributed by atoms with Crippen molar-refractivity contribution < 1.29 is 67.1 Å². The topological polar surface area (TPSA) is 138 Å². The number of hydrogen-bond acceptors (Lipinski definition) is 5. The van der Waals surface area contributed by atoms with Gasteiger partial charge in [0.15, 0.2) is 5.25 Å². The Bertz CT molecular complexity index is 861. The van der Waals surface area contributed by atoms with Gasteiger partial charge in [0.1, 0.15) is 0 Å². The molecule has 39 heavy (non-hydrogen) atoms. The van der Waals surface area contributed by atoms with E-state index in [4.69, 9.17) is 19.5 Å². The number of hydrogen-bond donors (Lipinski definition) is 3. The average Bonchev–Trinajstić information content (AvgIpc) is 2.86. The summed E-state index contributed by atoms with van der Waals surface area (Å²) in [4.78, 5) is 20.0. The van der Waals surface area contributed by atoms with Crippen molar-refractivity contribution in [3.05, 3.63) is 36.4 Å². The molecule has 0 bridgehead atoms. The van der Waals surface area contributed by atoms with Crippen molar-refractivity contribution >= 4 is 22.1 Å². The van der Waals surface area contributed by atoms with Gasteiger partial charge in [-0.1, -0.05) is 116 Å². The number of rotatable bonds is 22. The van der Waals surface area contributed by atoms with E-state index >= 15 is 0 Å². The first kappa shape index (κ1) is 40.0. The number of carboxylic acids is 2. The second kappa shape index (κ2) is 25.8. The van der Waals surface area contributed by atoms with Gasteiger partial charge < -0.3 is 14.9 Å². The maximum absolute atomic E-state index is 10.2. The van der Waals surface area contributed by atoms with E-state index in [0.717, 1.165) is 18.6 Å². The van der Waals surface area contributed by atoms with E-state index in [1.807, 2.05) is 6.61 Å². The van der Waals surface area contributed by atoms with E-state index < -0.39 is 33.7 Å². The molecule has 0 heterocycles. The van der Waals surface area contributed by atoms with Crippen LogP contribution in [0.1, 0.15) is 122 Å². The van der Waals surface area contributed by atoms with Crippen LogP contribution in [0.3, 0.4) is 0 Å². The first-order valence-corrected chi connectivity index (χ1v) is 15.6. The molecular formula is C29H49NaO8S. The molecule has 10 heteroatoms. The summed E-state index contributed by atoms with van der Waals surface area (Å²) in [6, 6.07) is 8.48. The van der Waals surface area contributed by atoms with Crippen molar-refractivity contribution in [3.8, 4) is 5.75 Å². The summed E-state index contributed by atoms with van der Waals surface area (Å²) >= 11 is 0. The molecule has 0 amide bonds. The molecule has 3 N–H and O–H groups in total. The predicted octanol–water partition coefficient (Wildman–Crippen LogP) is 4.47. The van der Waals surface area contributed by atoms with E-state index in [1.54, 1.807) is 0 Å². The van der Waals surface area contributed by atoms with Crippen molar-refractivity contribution in [3.63, 3.8) is 0 Å². The first-order chi connectivity index (χ1) is 18.1. The molecule has 220 valence electrons. The van der Waals surface area contributed by atoms with E-state index in [0.29, 0.717) is 0 Å². The number of benzene rings is 1. The maximum Gasteiger partial charge on any atom is 1.00 e. The number of ether oxygens (including phenoxy) is 1. The predicted molar refractivity (Wildman–Crippen MR) is 151 cm³/mol. The molecule has 0 aliphatic heterocycles. The number of aryl methyl sites for hydroxylation is 1. The molecule has 0 radical (unpaired) electrons. The SMILES string of the molecule is CC[CH-]Oc1ccccc1CCCCCCCCCCCCCCCC.O=C(O)CC(C(=O)O)S(=O)(=O)O.[Na+]. The summed E-state index contributed by atoms with van der Waals surface area (Å²) in [5, 5.41) is 13.9. The molecule has 0 aromatic heterocycles. The fraction of sp³-hybridized carbons (Fsp3) is 0.690. The zero-order chi connectivity index (χ0) is 28.7. The summed E-state index contributed by atoms with van der Waals surface area (Å²) in [7, 11) is -4.84. The molecular weight excluding hydrogens is 531 g/mol. The molecule has 0 fully saturated rings. The van der Waals surface area contributed by atoms with Gasteiger partial charge in [-0.3, -0.25) is 14.1 Å². The van der Waals surface area contributed by atoms with Gasteiger partial charge in [-0.25, -0.2) is 0 Å². The van der Waals surface area contributed by atoms with Crippen LogP contribution in [0.4, 0.5) is 0 Å². The molecule has 0 saturated carbocycles. The van der Waals surface area contributed by atoms with Gasteiger partial charge in [0.2, 0.25) is 0 Å². The maximum atomic E-state index is 10.2. The Morgan fingerprint density at radius 1 is 0.821 bits per heavy atom. The third kappa shape index (κ3) is 23.3. The summed E-state index contributed by atoms with van der Waals surface area (Å²) in [5.74, 6) is -2.45. The van der Waals surface area contributed by atoms with E-state index in [9.17, 15) is 18.0 Å². The van der Waals surface area contributed by atoms with E-state index in [2.05, 4.69) is 38.1 Å². The quantitative estimate of drug-likeness (QED) is 0.0791. The van der Waals surface area contributed by atoms with Crippen LogP contribution in [0.25, 0.3) is 0 Å². The van der Waals surface area contributed by atoms with Crippen LogP contribution >= 0.6 is 0 Å². The largest absolute Gasteiger partial charge is 1.00 e. The smallest absolute Gasteiger partial charge is 0.662 e. The molecule has 1 aromatic carbocycles. The molecule has 1 rings (SSSR count). The van der Waals surface area contributed by atoms with Crippen LogP contribution in [-0.4, -0.2) is 40.4 Å². The summed E-state index contributed by atoms with van der Waals surface area (Å²) in [5.41, 5.74) is 1.36. The van der Waals surface area contributed by atoms with Gasteiger partial charge in [0.05, 0.1) is 12.2 Å². The minimum absolute atomic E-state index is 0. The van der Waals surface area contributed by atoms with Crippen LogP contribution in [0, 0.1) is 6.61 Å². The summed E-state index contributed by atoms with van der Waals surface area (Å²) in [6.45, 7) is 6.29. The average molecular weight is 581 g/mol. The first-order valence-electron chi connectivity index (χ1n) is 14.1. The van der Waals surface area contributed by atoms with Gasteiger partial charge in [-0.15, -0.1) is 6.42 Å². The van der Waals surface area contributed by atoms with Crippen molar-refractivity contribution in [2.45, 2.75) is 128 Å². The number of carbonyl (C=O) groups is 2. The van der Waals surface area contributed by atoms with Crippen LogP contribution in [-0.2, 0) is 26.1 Å². The molecule has 8 nitrogen and oxygen atoms in total. The molecule has 1 aromatic rings. The van der Waals surface area contributed by atoms with Gasteiger partial charge in [-0.05, 0) is 24.5 Å². The minimum atomic E-state index is -4.84. The Morgan fingerprint density at radius 3 is 1.67 bits per heavy atom. The van der Waals surface area contributed by atoms with Crippen molar-refractivity contribution in [1.29, 1.82) is 0 Å². The Morgan fingerprint density at radius 2 is 1.28 bits per heavy atom. The summed E-state index contributed by atoms with van der Waals surface area (Å²) in [6.07, 6.45) is 20.8. The second-order valence-electron chi connectivity index (χ2n) is 9.59.